The summed E-state index contributed by atoms with van der Waals surface area (Å²) >= 11 is 5.94. The Morgan fingerprint density at radius 1 is 1.18 bits per heavy atom. The van der Waals surface area contributed by atoms with Crippen molar-refractivity contribution < 1.29 is 4.52 Å². The number of nitrogens with zero attached hydrogens (tertiary/aromatic N) is 3. The maximum atomic E-state index is 5.94. The summed E-state index contributed by atoms with van der Waals surface area (Å²) in [6, 6.07) is 7.47. The van der Waals surface area contributed by atoms with Gasteiger partial charge in [-0.2, -0.15) is 4.98 Å². The van der Waals surface area contributed by atoms with E-state index in [4.69, 9.17) is 16.1 Å². The first-order chi connectivity index (χ1) is 10.6. The van der Waals surface area contributed by atoms with Crippen LogP contribution in [0.1, 0.15) is 20.3 Å². The van der Waals surface area contributed by atoms with Gasteiger partial charge in [0, 0.05) is 17.1 Å². The van der Waals surface area contributed by atoms with Gasteiger partial charge in [-0.25, -0.2) is 4.98 Å². The normalized spacial score (nSPS) is 11.3. The molecule has 0 aliphatic rings. The van der Waals surface area contributed by atoms with Gasteiger partial charge in [-0.05, 0) is 24.5 Å². The van der Waals surface area contributed by atoms with Gasteiger partial charge in [0.25, 0.3) is 5.71 Å². The lowest BCUT2D eigenvalue weighted by Gasteiger charge is -2.08. The van der Waals surface area contributed by atoms with Gasteiger partial charge in [0.15, 0.2) is 0 Å². The fraction of sp³-hybridized carbons (Fsp3) is 0.312. The van der Waals surface area contributed by atoms with E-state index in [2.05, 4.69) is 34.3 Å². The number of benzene rings is 1. The van der Waals surface area contributed by atoms with Crippen molar-refractivity contribution in [2.75, 3.05) is 11.9 Å². The van der Waals surface area contributed by atoms with E-state index >= 15 is 0 Å². The highest BCUT2D eigenvalue weighted by Gasteiger charge is 2.16. The molecule has 5 nitrogen and oxygen atoms in total. The topological polar surface area (TPSA) is 63.8 Å². The second-order valence-corrected chi connectivity index (χ2v) is 5.99. The largest absolute Gasteiger partial charge is 0.369 e. The Balaban J connectivity index is 1.99. The molecular weight excluding hydrogens is 300 g/mol. The lowest BCUT2D eigenvalue weighted by Crippen LogP contribution is -2.06. The summed E-state index contributed by atoms with van der Waals surface area (Å²) < 4.78 is 5.33. The SMILES string of the molecule is CC(C)CCNc1ncnc2onc(-c3ccc(Cl)cc3)c12. The highest BCUT2D eigenvalue weighted by molar-refractivity contribution is 6.30. The fourth-order valence-corrected chi connectivity index (χ4v) is 2.33. The third-order valence-corrected chi connectivity index (χ3v) is 3.66. The van der Waals surface area contributed by atoms with E-state index < -0.39 is 0 Å². The van der Waals surface area contributed by atoms with Crippen molar-refractivity contribution in [3.8, 4) is 11.3 Å². The molecule has 0 radical (unpaired) electrons. The fourth-order valence-electron chi connectivity index (χ4n) is 2.20. The number of nitrogens with one attached hydrogen (secondary N) is 1. The Kier molecular flexibility index (Phi) is 4.24. The Morgan fingerprint density at radius 2 is 1.95 bits per heavy atom. The predicted molar refractivity (Wildman–Crippen MR) is 88.0 cm³/mol. The van der Waals surface area contributed by atoms with Crippen LogP contribution in [0.4, 0.5) is 5.82 Å². The molecule has 0 unspecified atom stereocenters. The van der Waals surface area contributed by atoms with Crippen LogP contribution in [-0.4, -0.2) is 21.7 Å². The summed E-state index contributed by atoms with van der Waals surface area (Å²) in [5.41, 5.74) is 2.12. The van der Waals surface area contributed by atoms with Gasteiger partial charge >= 0.3 is 0 Å². The third-order valence-electron chi connectivity index (χ3n) is 3.40. The zero-order valence-electron chi connectivity index (χ0n) is 12.5. The van der Waals surface area contributed by atoms with Crippen molar-refractivity contribution in [2.24, 2.45) is 5.92 Å². The van der Waals surface area contributed by atoms with Crippen LogP contribution in [-0.2, 0) is 0 Å². The second kappa shape index (κ2) is 6.32. The molecule has 0 fully saturated rings. The molecule has 0 aliphatic carbocycles. The molecule has 0 amide bonds. The number of aromatic nitrogens is 3. The molecule has 0 spiro atoms. The molecule has 3 rings (SSSR count). The maximum absolute atomic E-state index is 5.94. The molecule has 6 heteroatoms. The van der Waals surface area contributed by atoms with Crippen molar-refractivity contribution in [3.63, 3.8) is 0 Å². The number of hydrogen-bond acceptors (Lipinski definition) is 5. The van der Waals surface area contributed by atoms with Crippen molar-refractivity contribution in [3.05, 3.63) is 35.6 Å². The van der Waals surface area contributed by atoms with Gasteiger partial charge in [0.2, 0.25) is 0 Å². The van der Waals surface area contributed by atoms with Crippen LogP contribution in [0.25, 0.3) is 22.4 Å². The Morgan fingerprint density at radius 3 is 2.68 bits per heavy atom. The summed E-state index contributed by atoms with van der Waals surface area (Å²) in [4.78, 5) is 8.47. The van der Waals surface area contributed by atoms with Crippen LogP contribution in [0.5, 0.6) is 0 Å². The quantitative estimate of drug-likeness (QED) is 0.756. The van der Waals surface area contributed by atoms with Crippen LogP contribution >= 0.6 is 11.6 Å². The standard InChI is InChI=1S/C16H17ClN4O/c1-10(2)7-8-18-15-13-14(11-3-5-12(17)6-4-11)21-22-16(13)20-9-19-15/h3-6,9-10H,7-8H2,1-2H3,(H,18,19,20). The summed E-state index contributed by atoms with van der Waals surface area (Å²) in [5, 5.41) is 8.97. The van der Waals surface area contributed by atoms with Crippen molar-refractivity contribution in [2.45, 2.75) is 20.3 Å². The van der Waals surface area contributed by atoms with E-state index in [-0.39, 0.29) is 0 Å². The summed E-state index contributed by atoms with van der Waals surface area (Å²) in [6.45, 7) is 5.22. The average Bonchev–Trinajstić information content (AvgIpc) is 2.93. The molecule has 1 aromatic carbocycles. The van der Waals surface area contributed by atoms with Crippen molar-refractivity contribution in [1.29, 1.82) is 0 Å². The highest BCUT2D eigenvalue weighted by Crippen LogP contribution is 2.31. The molecule has 0 saturated heterocycles. The zero-order valence-corrected chi connectivity index (χ0v) is 13.3. The first kappa shape index (κ1) is 14.8. The Bertz CT molecular complexity index is 767. The molecule has 0 atom stereocenters. The number of anilines is 1. The monoisotopic (exact) mass is 316 g/mol. The Hall–Kier alpha value is -2.14. The van der Waals surface area contributed by atoms with E-state index in [9.17, 15) is 0 Å². The lowest BCUT2D eigenvalue weighted by atomic mass is 10.1. The summed E-state index contributed by atoms with van der Waals surface area (Å²) in [7, 11) is 0. The van der Waals surface area contributed by atoms with Crippen LogP contribution in [0.3, 0.4) is 0 Å². The molecule has 22 heavy (non-hydrogen) atoms. The first-order valence-electron chi connectivity index (χ1n) is 7.25. The third kappa shape index (κ3) is 3.04. The second-order valence-electron chi connectivity index (χ2n) is 5.55. The van der Waals surface area contributed by atoms with E-state index in [1.54, 1.807) is 0 Å². The van der Waals surface area contributed by atoms with Crippen LogP contribution in [0.15, 0.2) is 35.1 Å². The highest BCUT2D eigenvalue weighted by atomic mass is 35.5. The molecule has 3 aromatic rings. The van der Waals surface area contributed by atoms with Crippen LogP contribution in [0, 0.1) is 5.92 Å². The molecule has 0 bridgehead atoms. The molecule has 2 aromatic heterocycles. The molecule has 114 valence electrons. The van der Waals surface area contributed by atoms with Gasteiger partial charge in [-0.3, -0.25) is 0 Å². The van der Waals surface area contributed by atoms with Gasteiger partial charge in [0.1, 0.15) is 23.2 Å². The molecular formula is C16H17ClN4O. The number of rotatable bonds is 5. The molecule has 0 saturated carbocycles. The minimum Gasteiger partial charge on any atom is -0.369 e. The van der Waals surface area contributed by atoms with E-state index in [0.717, 1.165) is 35.4 Å². The summed E-state index contributed by atoms with van der Waals surface area (Å²) in [5.74, 6) is 1.37. The van der Waals surface area contributed by atoms with Crippen molar-refractivity contribution in [1.82, 2.24) is 15.1 Å². The Labute approximate surface area is 133 Å². The lowest BCUT2D eigenvalue weighted by molar-refractivity contribution is 0.451. The first-order valence-corrected chi connectivity index (χ1v) is 7.63. The van der Waals surface area contributed by atoms with E-state index in [1.165, 1.54) is 6.33 Å². The van der Waals surface area contributed by atoms with Gasteiger partial charge < -0.3 is 9.84 Å². The van der Waals surface area contributed by atoms with E-state index in [0.29, 0.717) is 16.7 Å². The van der Waals surface area contributed by atoms with Crippen molar-refractivity contribution >= 4 is 28.5 Å². The number of halogens is 1. The molecule has 2 heterocycles. The molecule has 1 N–H and O–H groups in total. The minimum atomic E-state index is 0.479. The maximum Gasteiger partial charge on any atom is 0.263 e. The van der Waals surface area contributed by atoms with Crippen LogP contribution in [0.2, 0.25) is 5.02 Å². The van der Waals surface area contributed by atoms with Gasteiger partial charge in [-0.15, -0.1) is 0 Å². The zero-order chi connectivity index (χ0) is 15.5. The van der Waals surface area contributed by atoms with Crippen LogP contribution < -0.4 is 5.32 Å². The van der Waals surface area contributed by atoms with Gasteiger partial charge in [0.05, 0.1) is 0 Å². The smallest absolute Gasteiger partial charge is 0.263 e. The summed E-state index contributed by atoms with van der Waals surface area (Å²) in [6.07, 6.45) is 2.55. The molecule has 0 aliphatic heterocycles. The number of hydrogen-bond donors (Lipinski definition) is 1. The number of fused-ring (bicyclic) bond motifs is 1. The average molecular weight is 317 g/mol. The minimum absolute atomic E-state index is 0.479. The van der Waals surface area contributed by atoms with E-state index in [1.807, 2.05) is 24.3 Å². The van der Waals surface area contributed by atoms with Gasteiger partial charge in [-0.1, -0.05) is 42.7 Å². The predicted octanol–water partition coefficient (Wildman–Crippen LogP) is 4.40.